The highest BCUT2D eigenvalue weighted by atomic mass is 79.9. The predicted octanol–water partition coefficient (Wildman–Crippen LogP) is 5.28. The molecular weight excluding hydrogens is 440 g/mol. The normalized spacial score (nSPS) is 12.8. The highest BCUT2D eigenvalue weighted by Gasteiger charge is 2.26. The first kappa shape index (κ1) is 24.1. The Morgan fingerprint density at radius 2 is 1.50 bits per heavy atom. The highest BCUT2D eigenvalue weighted by Crippen LogP contribution is 2.16. The van der Waals surface area contributed by atoms with E-state index in [1.807, 2.05) is 45.0 Å². The van der Waals surface area contributed by atoms with Crippen LogP contribution >= 0.6 is 15.9 Å². The van der Waals surface area contributed by atoms with E-state index in [1.165, 1.54) is 5.56 Å². The average molecular weight is 473 g/mol. The smallest absolute Gasteiger partial charge is 0.242 e. The molecule has 1 N–H and O–H groups in total. The van der Waals surface area contributed by atoms with Crippen molar-refractivity contribution in [2.24, 2.45) is 0 Å². The average Bonchev–Trinajstić information content (AvgIpc) is 2.76. The van der Waals surface area contributed by atoms with Gasteiger partial charge in [-0.1, -0.05) is 66.2 Å². The van der Waals surface area contributed by atoms with Gasteiger partial charge in [-0.25, -0.2) is 0 Å². The molecule has 0 aliphatic carbocycles. The molecule has 0 bridgehead atoms. The topological polar surface area (TPSA) is 49.4 Å². The zero-order valence-electron chi connectivity index (χ0n) is 18.5. The molecule has 30 heavy (non-hydrogen) atoms. The molecule has 0 aliphatic heterocycles. The maximum absolute atomic E-state index is 13.1. The Balaban J connectivity index is 2.12. The van der Waals surface area contributed by atoms with E-state index < -0.39 is 6.04 Å². The van der Waals surface area contributed by atoms with E-state index in [9.17, 15) is 9.59 Å². The summed E-state index contributed by atoms with van der Waals surface area (Å²) in [6, 6.07) is 15.8. The Morgan fingerprint density at radius 1 is 0.933 bits per heavy atom. The van der Waals surface area contributed by atoms with E-state index in [4.69, 9.17) is 0 Å². The van der Waals surface area contributed by atoms with Gasteiger partial charge in [-0.2, -0.15) is 0 Å². The highest BCUT2D eigenvalue weighted by molar-refractivity contribution is 9.10. The van der Waals surface area contributed by atoms with E-state index in [0.29, 0.717) is 19.4 Å². The zero-order valence-corrected chi connectivity index (χ0v) is 20.0. The lowest BCUT2D eigenvalue weighted by Gasteiger charge is -2.30. The molecule has 0 saturated heterocycles. The van der Waals surface area contributed by atoms with E-state index in [0.717, 1.165) is 28.4 Å². The molecule has 162 valence electrons. The van der Waals surface area contributed by atoms with Crippen molar-refractivity contribution in [2.75, 3.05) is 0 Å². The molecule has 0 aliphatic rings. The summed E-state index contributed by atoms with van der Waals surface area (Å²) in [6.07, 6.45) is 2.90. The van der Waals surface area contributed by atoms with Gasteiger partial charge in [-0.05, 0) is 61.9 Å². The van der Waals surface area contributed by atoms with E-state index in [1.54, 1.807) is 4.90 Å². The minimum atomic E-state index is -0.530. The SMILES string of the molecule is CCc1ccc(CCC(=O)N(Cc2ccc(Br)cc2)C(C)C(=O)NC(C)CC)cc1. The van der Waals surface area contributed by atoms with E-state index >= 15 is 0 Å². The summed E-state index contributed by atoms with van der Waals surface area (Å²) in [7, 11) is 0. The van der Waals surface area contributed by atoms with Gasteiger partial charge in [0.15, 0.2) is 0 Å². The van der Waals surface area contributed by atoms with Crippen molar-refractivity contribution in [3.63, 3.8) is 0 Å². The molecule has 5 heteroatoms. The molecule has 2 aromatic carbocycles. The number of carbonyl (C=O) groups excluding carboxylic acids is 2. The number of amides is 2. The number of aryl methyl sites for hydroxylation is 2. The second-order valence-electron chi connectivity index (χ2n) is 7.81. The van der Waals surface area contributed by atoms with Crippen molar-refractivity contribution >= 4 is 27.7 Å². The number of nitrogens with zero attached hydrogens (tertiary/aromatic N) is 1. The van der Waals surface area contributed by atoms with E-state index in [-0.39, 0.29) is 17.9 Å². The number of rotatable bonds is 10. The van der Waals surface area contributed by atoms with Gasteiger partial charge < -0.3 is 10.2 Å². The van der Waals surface area contributed by atoms with Gasteiger partial charge in [0.2, 0.25) is 11.8 Å². The van der Waals surface area contributed by atoms with E-state index in [2.05, 4.69) is 52.4 Å². The van der Waals surface area contributed by atoms with Crippen molar-refractivity contribution in [2.45, 2.75) is 72.0 Å². The van der Waals surface area contributed by atoms with Crippen LogP contribution in [0.15, 0.2) is 53.0 Å². The Bertz CT molecular complexity index is 818. The lowest BCUT2D eigenvalue weighted by molar-refractivity contribution is -0.140. The van der Waals surface area contributed by atoms with Crippen LogP contribution < -0.4 is 5.32 Å². The molecule has 2 atom stereocenters. The Kier molecular flexibility index (Phi) is 9.57. The standard InChI is InChI=1S/C25H33BrN2O2/c1-5-18(3)27-25(30)19(4)28(17-22-11-14-23(26)15-12-22)24(29)16-13-21-9-7-20(6-2)8-10-21/h7-12,14-15,18-19H,5-6,13,16-17H2,1-4H3,(H,27,30). The summed E-state index contributed by atoms with van der Waals surface area (Å²) >= 11 is 3.44. The van der Waals surface area contributed by atoms with Crippen LogP contribution in [0.5, 0.6) is 0 Å². The summed E-state index contributed by atoms with van der Waals surface area (Å²) in [5, 5.41) is 3.01. The molecule has 2 rings (SSSR count). The fraction of sp³-hybridized carbons (Fsp3) is 0.440. The Labute approximate surface area is 189 Å². The summed E-state index contributed by atoms with van der Waals surface area (Å²) in [5.74, 6) is -0.119. The van der Waals surface area contributed by atoms with Gasteiger partial charge in [0.05, 0.1) is 0 Å². The number of halogens is 1. The lowest BCUT2D eigenvalue weighted by Crippen LogP contribution is -2.49. The van der Waals surface area contributed by atoms with Crippen LogP contribution in [-0.2, 0) is 29.0 Å². The first-order valence-electron chi connectivity index (χ1n) is 10.8. The summed E-state index contributed by atoms with van der Waals surface area (Å²) in [5.41, 5.74) is 3.43. The van der Waals surface area contributed by atoms with Crippen molar-refractivity contribution < 1.29 is 9.59 Å². The summed E-state index contributed by atoms with van der Waals surface area (Å²) in [4.78, 5) is 27.6. The largest absolute Gasteiger partial charge is 0.352 e. The third kappa shape index (κ3) is 7.28. The van der Waals surface area contributed by atoms with Crippen molar-refractivity contribution in [3.05, 3.63) is 69.7 Å². The number of hydrogen-bond donors (Lipinski definition) is 1. The van der Waals surface area contributed by atoms with Crippen molar-refractivity contribution in [3.8, 4) is 0 Å². The van der Waals surface area contributed by atoms with Crippen LogP contribution in [0.25, 0.3) is 0 Å². The molecule has 0 aromatic heterocycles. The quantitative estimate of drug-likeness (QED) is 0.511. The van der Waals surface area contributed by atoms with Crippen LogP contribution in [0.3, 0.4) is 0 Å². The van der Waals surface area contributed by atoms with Gasteiger partial charge in [0, 0.05) is 23.5 Å². The molecular formula is C25H33BrN2O2. The molecule has 0 spiro atoms. The molecule has 0 radical (unpaired) electrons. The predicted molar refractivity (Wildman–Crippen MR) is 126 cm³/mol. The summed E-state index contributed by atoms with van der Waals surface area (Å²) in [6.45, 7) is 8.36. The van der Waals surface area contributed by atoms with Gasteiger partial charge in [-0.3, -0.25) is 9.59 Å². The monoisotopic (exact) mass is 472 g/mol. The second kappa shape index (κ2) is 11.9. The fourth-order valence-corrected chi connectivity index (χ4v) is 3.44. The maximum atomic E-state index is 13.1. The molecule has 2 unspecified atom stereocenters. The third-order valence-corrected chi connectivity index (χ3v) is 6.02. The van der Waals surface area contributed by atoms with Gasteiger partial charge in [0.1, 0.15) is 6.04 Å². The van der Waals surface area contributed by atoms with Gasteiger partial charge >= 0.3 is 0 Å². The minimum absolute atomic E-state index is 0.00992. The van der Waals surface area contributed by atoms with Gasteiger partial charge in [-0.15, -0.1) is 0 Å². The summed E-state index contributed by atoms with van der Waals surface area (Å²) < 4.78 is 0.988. The Hall–Kier alpha value is -2.14. The fourth-order valence-electron chi connectivity index (χ4n) is 3.17. The molecule has 0 fully saturated rings. The lowest BCUT2D eigenvalue weighted by atomic mass is 10.0. The number of benzene rings is 2. The van der Waals surface area contributed by atoms with Crippen LogP contribution in [-0.4, -0.2) is 28.8 Å². The number of nitrogens with one attached hydrogen (secondary N) is 1. The molecule has 4 nitrogen and oxygen atoms in total. The van der Waals surface area contributed by atoms with Crippen LogP contribution in [0.2, 0.25) is 0 Å². The molecule has 2 aromatic rings. The van der Waals surface area contributed by atoms with Crippen molar-refractivity contribution in [1.29, 1.82) is 0 Å². The first-order chi connectivity index (χ1) is 14.3. The zero-order chi connectivity index (χ0) is 22.1. The molecule has 0 heterocycles. The van der Waals surface area contributed by atoms with Crippen LogP contribution in [0.1, 0.15) is 57.2 Å². The minimum Gasteiger partial charge on any atom is -0.352 e. The van der Waals surface area contributed by atoms with Crippen LogP contribution in [0, 0.1) is 0 Å². The van der Waals surface area contributed by atoms with Gasteiger partial charge in [0.25, 0.3) is 0 Å². The molecule has 0 saturated carbocycles. The third-order valence-electron chi connectivity index (χ3n) is 5.49. The second-order valence-corrected chi connectivity index (χ2v) is 8.73. The van der Waals surface area contributed by atoms with Crippen LogP contribution in [0.4, 0.5) is 0 Å². The maximum Gasteiger partial charge on any atom is 0.242 e. The first-order valence-corrected chi connectivity index (χ1v) is 11.5. The number of hydrogen-bond acceptors (Lipinski definition) is 2. The molecule has 2 amide bonds. The van der Waals surface area contributed by atoms with Crippen molar-refractivity contribution in [1.82, 2.24) is 10.2 Å². The number of carbonyl (C=O) groups is 2. The Morgan fingerprint density at radius 3 is 2.07 bits per heavy atom.